The summed E-state index contributed by atoms with van der Waals surface area (Å²) in [6.07, 6.45) is 6.29. The summed E-state index contributed by atoms with van der Waals surface area (Å²) in [4.78, 5) is 30.4. The Morgan fingerprint density at radius 2 is 1.72 bits per heavy atom. The van der Waals surface area contributed by atoms with E-state index in [-0.39, 0.29) is 34.3 Å². The number of carbonyl (C=O) groups is 2. The summed E-state index contributed by atoms with van der Waals surface area (Å²) >= 11 is 0. The van der Waals surface area contributed by atoms with Gasteiger partial charge in [-0.25, -0.2) is 8.78 Å². The second-order valence-corrected chi connectivity index (χ2v) is 12.9. The number of carbonyl (C=O) groups excluding carboxylic acids is 1. The fourth-order valence-corrected chi connectivity index (χ4v) is 8.12. The maximum atomic E-state index is 14.9. The highest BCUT2D eigenvalue weighted by atomic mass is 19.1. The Hall–Kier alpha value is -4.59. The molecule has 4 fully saturated rings. The molecule has 3 aromatic carbocycles. The second kappa shape index (κ2) is 8.96. The lowest BCUT2D eigenvalue weighted by molar-refractivity contribution is -0.232. The molecule has 6 nitrogen and oxygen atoms in total. The third kappa shape index (κ3) is 4.07. The van der Waals surface area contributed by atoms with Gasteiger partial charge in [0.15, 0.2) is 0 Å². The van der Waals surface area contributed by atoms with Crippen LogP contribution in [0.3, 0.4) is 0 Å². The van der Waals surface area contributed by atoms with Crippen molar-refractivity contribution in [2.24, 2.45) is 10.8 Å². The number of hydrogen-bond donors (Lipinski definition) is 2. The van der Waals surface area contributed by atoms with Gasteiger partial charge in [-0.1, -0.05) is 24.3 Å². The molecule has 5 aromatic rings. The highest BCUT2D eigenvalue weighted by molar-refractivity contribution is 6.08. The molecule has 216 valence electrons. The zero-order chi connectivity index (χ0) is 29.6. The van der Waals surface area contributed by atoms with Gasteiger partial charge >= 0.3 is 5.97 Å². The van der Waals surface area contributed by atoms with Crippen molar-refractivity contribution in [1.29, 1.82) is 0 Å². The zero-order valence-electron chi connectivity index (χ0n) is 23.4. The van der Waals surface area contributed by atoms with Crippen LogP contribution in [0.2, 0.25) is 0 Å². The van der Waals surface area contributed by atoms with Crippen LogP contribution < -0.4 is 5.32 Å². The first-order valence-electron chi connectivity index (χ1n) is 14.6. The third-order valence-electron chi connectivity index (χ3n) is 10.1. The Labute approximate surface area is 246 Å². The Balaban J connectivity index is 1.17. The highest BCUT2D eigenvalue weighted by Crippen LogP contribution is 2.82. The molecular weight excluding hydrogens is 548 g/mol. The minimum Gasteiger partial charge on any atom is -0.481 e. The number of carboxylic acids is 1. The SMILES string of the molecule is O=C(O)CC12CC(C3(NC(=O)c4cc(-c5ccc(F)cc5F)cc5ccn(Cc6ccc7ccccc7n6)c45)CC3)(C1)C2. The van der Waals surface area contributed by atoms with Crippen molar-refractivity contribution in [3.63, 3.8) is 0 Å². The highest BCUT2D eigenvalue weighted by Gasteiger charge is 2.78. The molecule has 4 aliphatic rings. The fourth-order valence-electron chi connectivity index (χ4n) is 8.12. The number of benzene rings is 3. The number of amides is 1. The molecule has 0 spiro atoms. The van der Waals surface area contributed by atoms with Gasteiger partial charge in [0.2, 0.25) is 0 Å². The molecule has 0 radical (unpaired) electrons. The van der Waals surface area contributed by atoms with Gasteiger partial charge in [0.1, 0.15) is 11.6 Å². The van der Waals surface area contributed by atoms with Crippen molar-refractivity contribution in [2.45, 2.75) is 50.6 Å². The standard InChI is InChI=1S/C35H29F2N3O3/c36-24-6-8-26(28(37)15-24)23-13-22-9-12-40(17-25-7-5-21-3-1-2-4-29(21)38-25)31(22)27(14-23)32(43)39-35(10-11-35)34-18-33(19-34,20-34)16-30(41)42/h1-9,12-15H,10-11,16-20H2,(H,39,43)(H,41,42). The number of nitrogens with one attached hydrogen (secondary N) is 1. The first kappa shape index (κ1) is 26.1. The molecular formula is C35H29F2N3O3. The number of hydrogen-bond acceptors (Lipinski definition) is 3. The van der Waals surface area contributed by atoms with Crippen LogP contribution in [-0.4, -0.2) is 32.1 Å². The number of para-hydroxylation sites is 1. The number of pyridine rings is 1. The van der Waals surface area contributed by atoms with Crippen molar-refractivity contribution in [3.05, 3.63) is 102 Å². The smallest absolute Gasteiger partial charge is 0.303 e. The van der Waals surface area contributed by atoms with E-state index in [1.165, 1.54) is 12.1 Å². The van der Waals surface area contributed by atoms with Gasteiger partial charge < -0.3 is 15.0 Å². The van der Waals surface area contributed by atoms with Gasteiger partial charge in [-0.3, -0.25) is 14.6 Å². The van der Waals surface area contributed by atoms with Crippen LogP contribution in [0.25, 0.3) is 32.9 Å². The molecule has 4 aliphatic carbocycles. The Morgan fingerprint density at radius 3 is 2.47 bits per heavy atom. The Morgan fingerprint density at radius 1 is 0.930 bits per heavy atom. The zero-order valence-corrected chi connectivity index (χ0v) is 23.4. The van der Waals surface area contributed by atoms with E-state index >= 15 is 0 Å². The monoisotopic (exact) mass is 577 g/mol. The molecule has 0 aliphatic heterocycles. The lowest BCUT2D eigenvalue weighted by Crippen LogP contribution is -2.71. The van der Waals surface area contributed by atoms with Crippen LogP contribution in [-0.2, 0) is 11.3 Å². The van der Waals surface area contributed by atoms with E-state index in [4.69, 9.17) is 4.98 Å². The van der Waals surface area contributed by atoms with Crippen molar-refractivity contribution in [2.75, 3.05) is 0 Å². The summed E-state index contributed by atoms with van der Waals surface area (Å²) in [6, 6.07) is 20.8. The summed E-state index contributed by atoms with van der Waals surface area (Å²) in [7, 11) is 0. The third-order valence-corrected chi connectivity index (χ3v) is 10.1. The van der Waals surface area contributed by atoms with Crippen LogP contribution in [0.15, 0.2) is 79.0 Å². The number of rotatable bonds is 8. The van der Waals surface area contributed by atoms with E-state index in [1.807, 2.05) is 59.3 Å². The Kier molecular flexibility index (Phi) is 5.43. The summed E-state index contributed by atoms with van der Waals surface area (Å²) in [5.41, 5.74) is 3.06. The van der Waals surface area contributed by atoms with Crippen LogP contribution in [0.5, 0.6) is 0 Å². The molecule has 2 bridgehead atoms. The molecule has 8 heteroatoms. The molecule has 43 heavy (non-hydrogen) atoms. The van der Waals surface area contributed by atoms with Crippen LogP contribution in [0.1, 0.15) is 54.6 Å². The molecule has 0 atom stereocenters. The topological polar surface area (TPSA) is 84.2 Å². The normalized spacial score (nSPS) is 23.0. The van der Waals surface area contributed by atoms with Crippen molar-refractivity contribution < 1.29 is 23.5 Å². The molecule has 4 saturated carbocycles. The maximum Gasteiger partial charge on any atom is 0.303 e. The number of halogens is 2. The molecule has 2 N–H and O–H groups in total. The van der Waals surface area contributed by atoms with Crippen molar-refractivity contribution in [3.8, 4) is 11.1 Å². The largest absolute Gasteiger partial charge is 0.481 e. The van der Waals surface area contributed by atoms with Gasteiger partial charge in [0.05, 0.1) is 35.3 Å². The number of carboxylic acid groups (broad SMARTS) is 1. The van der Waals surface area contributed by atoms with Gasteiger partial charge in [0, 0.05) is 34.1 Å². The molecule has 9 rings (SSSR count). The number of aliphatic carboxylic acids is 1. The second-order valence-electron chi connectivity index (χ2n) is 12.9. The number of fused-ring (bicyclic) bond motifs is 2. The number of nitrogens with zero attached hydrogens (tertiary/aromatic N) is 2. The van der Waals surface area contributed by atoms with E-state index in [2.05, 4.69) is 5.32 Å². The van der Waals surface area contributed by atoms with Crippen molar-refractivity contribution >= 4 is 33.7 Å². The predicted molar refractivity (Wildman–Crippen MR) is 159 cm³/mol. The minimum atomic E-state index is -0.768. The predicted octanol–water partition coefficient (Wildman–Crippen LogP) is 7.09. The maximum absolute atomic E-state index is 14.9. The van der Waals surface area contributed by atoms with Crippen molar-refractivity contribution in [1.82, 2.24) is 14.9 Å². The van der Waals surface area contributed by atoms with E-state index in [0.717, 1.165) is 65.7 Å². The molecule has 0 saturated heterocycles. The molecule has 2 heterocycles. The average molecular weight is 578 g/mol. The van der Waals surface area contributed by atoms with Gasteiger partial charge in [-0.15, -0.1) is 0 Å². The van der Waals surface area contributed by atoms with E-state index in [9.17, 15) is 23.5 Å². The van der Waals surface area contributed by atoms with Gasteiger partial charge in [0.25, 0.3) is 5.91 Å². The summed E-state index contributed by atoms with van der Waals surface area (Å²) < 4.78 is 30.6. The summed E-state index contributed by atoms with van der Waals surface area (Å²) in [5, 5.41) is 14.5. The molecule has 2 aromatic heterocycles. The average Bonchev–Trinajstić information content (AvgIpc) is 3.60. The van der Waals surface area contributed by atoms with Gasteiger partial charge in [-0.05, 0) is 91.0 Å². The van der Waals surface area contributed by atoms with Gasteiger partial charge in [-0.2, -0.15) is 0 Å². The first-order valence-corrected chi connectivity index (χ1v) is 14.6. The van der Waals surface area contributed by atoms with E-state index in [1.54, 1.807) is 6.07 Å². The summed E-state index contributed by atoms with van der Waals surface area (Å²) in [5.74, 6) is -2.36. The minimum absolute atomic E-state index is 0.0467. The lowest BCUT2D eigenvalue weighted by atomic mass is 9.31. The van der Waals surface area contributed by atoms with E-state index < -0.39 is 17.6 Å². The lowest BCUT2D eigenvalue weighted by Gasteiger charge is -2.73. The summed E-state index contributed by atoms with van der Waals surface area (Å²) in [6.45, 7) is 0.436. The Bertz CT molecular complexity index is 1970. The van der Waals surface area contributed by atoms with Crippen LogP contribution in [0, 0.1) is 22.5 Å². The molecule has 1 amide bonds. The quantitative estimate of drug-likeness (QED) is 0.206. The molecule has 0 unspecified atom stereocenters. The fraction of sp³-hybridized carbons (Fsp3) is 0.286. The first-order chi connectivity index (χ1) is 20.7. The van der Waals surface area contributed by atoms with Crippen LogP contribution in [0.4, 0.5) is 8.78 Å². The number of aromatic nitrogens is 2. The van der Waals surface area contributed by atoms with Crippen LogP contribution >= 0.6 is 0 Å². The van der Waals surface area contributed by atoms with E-state index in [0.29, 0.717) is 17.7 Å².